The van der Waals surface area contributed by atoms with Gasteiger partial charge < -0.3 is 20.3 Å². The summed E-state index contributed by atoms with van der Waals surface area (Å²) in [6.07, 6.45) is 0.308. The number of hydrogen-bond acceptors (Lipinski definition) is 4. The van der Waals surface area contributed by atoms with Gasteiger partial charge in [-0.1, -0.05) is 42.5 Å². The normalized spacial score (nSPS) is 16.2. The van der Waals surface area contributed by atoms with E-state index in [9.17, 15) is 9.59 Å². The van der Waals surface area contributed by atoms with Crippen molar-refractivity contribution in [1.29, 1.82) is 0 Å². The molecule has 1 aliphatic rings. The number of allylic oxidation sites excluding steroid dienone is 1. The van der Waals surface area contributed by atoms with E-state index in [4.69, 9.17) is 17.0 Å². The molecule has 1 aliphatic heterocycles. The molecule has 0 aliphatic carbocycles. The maximum absolute atomic E-state index is 12.6. The first-order chi connectivity index (χ1) is 14.4. The van der Waals surface area contributed by atoms with Gasteiger partial charge in [0.1, 0.15) is 0 Å². The van der Waals surface area contributed by atoms with Crippen molar-refractivity contribution in [1.82, 2.24) is 10.2 Å². The quantitative estimate of drug-likeness (QED) is 0.547. The number of benzene rings is 2. The van der Waals surface area contributed by atoms with E-state index in [2.05, 4.69) is 10.6 Å². The van der Waals surface area contributed by atoms with Crippen LogP contribution in [0.15, 0.2) is 65.9 Å². The average molecular weight is 424 g/mol. The Balaban J connectivity index is 1.77. The number of nitrogens with one attached hydrogen (secondary N) is 2. The molecular weight excluding hydrogens is 398 g/mol. The molecule has 2 N–H and O–H groups in total. The maximum atomic E-state index is 12.6. The summed E-state index contributed by atoms with van der Waals surface area (Å²) in [5, 5.41) is 6.64. The predicted molar refractivity (Wildman–Crippen MR) is 121 cm³/mol. The maximum Gasteiger partial charge on any atom is 0.338 e. The minimum absolute atomic E-state index is 0.0875. The number of rotatable bonds is 6. The van der Waals surface area contributed by atoms with Gasteiger partial charge in [-0.15, -0.1) is 0 Å². The molecule has 0 bridgehead atoms. The molecule has 0 saturated carbocycles. The Kier molecular flexibility index (Phi) is 6.84. The molecule has 7 heteroatoms. The zero-order valence-electron chi connectivity index (χ0n) is 17.3. The van der Waals surface area contributed by atoms with Crippen LogP contribution >= 0.6 is 12.2 Å². The zero-order chi connectivity index (χ0) is 21.7. The molecule has 1 atom stereocenters. The molecule has 2 aromatic carbocycles. The number of amides is 1. The molecular formula is C23H25N3O3S. The summed E-state index contributed by atoms with van der Waals surface area (Å²) in [6.45, 7) is 3.92. The second-order valence-electron chi connectivity index (χ2n) is 6.99. The molecule has 30 heavy (non-hydrogen) atoms. The molecule has 0 spiro atoms. The van der Waals surface area contributed by atoms with Crippen molar-refractivity contribution < 1.29 is 14.3 Å². The van der Waals surface area contributed by atoms with Crippen molar-refractivity contribution in [2.45, 2.75) is 26.3 Å². The van der Waals surface area contributed by atoms with Gasteiger partial charge in [-0.3, -0.25) is 4.79 Å². The number of thiocarbonyl (C=S) groups is 1. The summed E-state index contributed by atoms with van der Waals surface area (Å²) in [6, 6.07) is 16.5. The largest absolute Gasteiger partial charge is 0.463 e. The third kappa shape index (κ3) is 4.86. The second kappa shape index (κ2) is 9.54. The van der Waals surface area contributed by atoms with Crippen LogP contribution in [0.4, 0.5) is 5.69 Å². The summed E-state index contributed by atoms with van der Waals surface area (Å²) in [5.41, 5.74) is 3.77. The lowest BCUT2D eigenvalue weighted by molar-refractivity contribution is -0.139. The lowest BCUT2D eigenvalue weighted by Gasteiger charge is -2.35. The molecule has 3 rings (SSSR count). The van der Waals surface area contributed by atoms with E-state index in [0.29, 0.717) is 29.4 Å². The SMILES string of the molecule is CCOC(=O)C1=C(C)N(C)C(=S)N[C@H]1c1ccc(NC(=O)Cc2ccccc2)cc1. The van der Waals surface area contributed by atoms with E-state index in [1.54, 1.807) is 11.8 Å². The van der Waals surface area contributed by atoms with Gasteiger partial charge >= 0.3 is 5.97 Å². The van der Waals surface area contributed by atoms with Crippen molar-refractivity contribution in [3.63, 3.8) is 0 Å². The average Bonchev–Trinajstić information content (AvgIpc) is 2.73. The summed E-state index contributed by atoms with van der Waals surface area (Å²) >= 11 is 5.40. The number of carbonyl (C=O) groups excluding carboxylic acids is 2. The highest BCUT2D eigenvalue weighted by Crippen LogP contribution is 2.31. The predicted octanol–water partition coefficient (Wildman–Crippen LogP) is 3.57. The van der Waals surface area contributed by atoms with Gasteiger partial charge in [0.2, 0.25) is 5.91 Å². The highest BCUT2D eigenvalue weighted by molar-refractivity contribution is 7.80. The number of hydrogen-bond donors (Lipinski definition) is 2. The molecule has 0 radical (unpaired) electrons. The van der Waals surface area contributed by atoms with Crippen LogP contribution < -0.4 is 10.6 Å². The number of anilines is 1. The summed E-state index contributed by atoms with van der Waals surface area (Å²) in [5.74, 6) is -0.461. The van der Waals surface area contributed by atoms with E-state index in [1.165, 1.54) is 0 Å². The molecule has 2 aromatic rings. The van der Waals surface area contributed by atoms with Crippen molar-refractivity contribution >= 4 is 34.9 Å². The van der Waals surface area contributed by atoms with Crippen LogP contribution in [0.2, 0.25) is 0 Å². The minimum Gasteiger partial charge on any atom is -0.463 e. The van der Waals surface area contributed by atoms with E-state index < -0.39 is 6.04 Å². The fourth-order valence-electron chi connectivity index (χ4n) is 3.30. The number of esters is 1. The molecule has 1 heterocycles. The van der Waals surface area contributed by atoms with E-state index >= 15 is 0 Å². The lowest BCUT2D eigenvalue weighted by Crippen LogP contribution is -2.46. The summed E-state index contributed by atoms with van der Waals surface area (Å²) in [7, 11) is 1.81. The van der Waals surface area contributed by atoms with Gasteiger partial charge in [0, 0.05) is 18.4 Å². The van der Waals surface area contributed by atoms with Crippen molar-refractivity contribution in [3.8, 4) is 0 Å². The molecule has 1 amide bonds. The van der Waals surface area contributed by atoms with E-state index in [1.807, 2.05) is 68.6 Å². The van der Waals surface area contributed by atoms with Crippen molar-refractivity contribution in [2.75, 3.05) is 19.0 Å². The van der Waals surface area contributed by atoms with Crippen LogP contribution in [-0.2, 0) is 20.7 Å². The highest BCUT2D eigenvalue weighted by Gasteiger charge is 2.33. The summed E-state index contributed by atoms with van der Waals surface area (Å²) < 4.78 is 5.26. The zero-order valence-corrected chi connectivity index (χ0v) is 18.1. The Morgan fingerprint density at radius 2 is 1.80 bits per heavy atom. The first-order valence-electron chi connectivity index (χ1n) is 9.76. The van der Waals surface area contributed by atoms with Crippen molar-refractivity contribution in [2.24, 2.45) is 0 Å². The minimum atomic E-state index is -0.415. The Morgan fingerprint density at radius 1 is 1.13 bits per heavy atom. The molecule has 156 valence electrons. The van der Waals surface area contributed by atoms with Crippen LogP contribution in [0.1, 0.15) is 31.0 Å². The number of carbonyl (C=O) groups is 2. The van der Waals surface area contributed by atoms with Gasteiger partial charge in [-0.2, -0.15) is 0 Å². The van der Waals surface area contributed by atoms with Gasteiger partial charge in [0.15, 0.2) is 5.11 Å². The van der Waals surface area contributed by atoms with Crippen LogP contribution in [0.3, 0.4) is 0 Å². The monoisotopic (exact) mass is 423 g/mol. The Labute approximate surface area is 181 Å². The van der Waals surface area contributed by atoms with Crippen LogP contribution in [0, 0.1) is 0 Å². The molecule has 0 saturated heterocycles. The summed E-state index contributed by atoms with van der Waals surface area (Å²) in [4.78, 5) is 26.6. The third-order valence-corrected chi connectivity index (χ3v) is 5.38. The van der Waals surface area contributed by atoms with Crippen LogP contribution in [-0.4, -0.2) is 35.5 Å². The van der Waals surface area contributed by atoms with Crippen molar-refractivity contribution in [3.05, 3.63) is 77.0 Å². The fraction of sp³-hybridized carbons (Fsp3) is 0.261. The first-order valence-corrected chi connectivity index (χ1v) is 10.2. The second-order valence-corrected chi connectivity index (χ2v) is 7.38. The molecule has 0 fully saturated rings. The van der Waals surface area contributed by atoms with Gasteiger partial charge in [0.05, 0.1) is 24.6 Å². The van der Waals surface area contributed by atoms with Crippen LogP contribution in [0.5, 0.6) is 0 Å². The Bertz CT molecular complexity index is 971. The standard InChI is InChI=1S/C23H25N3O3S/c1-4-29-22(28)20-15(2)26(3)23(30)25-21(20)17-10-12-18(13-11-17)24-19(27)14-16-8-6-5-7-9-16/h5-13,21H,4,14H2,1-3H3,(H,24,27)(H,25,30)/t21-/m0/s1. The Hall–Kier alpha value is -3.19. The molecule has 6 nitrogen and oxygen atoms in total. The first kappa shape index (κ1) is 21.5. The van der Waals surface area contributed by atoms with Gasteiger partial charge in [0.25, 0.3) is 0 Å². The van der Waals surface area contributed by atoms with E-state index in [-0.39, 0.29) is 11.9 Å². The molecule has 0 aromatic heterocycles. The van der Waals surface area contributed by atoms with Gasteiger partial charge in [-0.05, 0) is 49.3 Å². The smallest absolute Gasteiger partial charge is 0.338 e. The van der Waals surface area contributed by atoms with Gasteiger partial charge in [-0.25, -0.2) is 4.79 Å². The van der Waals surface area contributed by atoms with Crippen LogP contribution in [0.25, 0.3) is 0 Å². The highest BCUT2D eigenvalue weighted by atomic mass is 32.1. The Morgan fingerprint density at radius 3 is 2.43 bits per heavy atom. The number of ether oxygens (including phenoxy) is 1. The van der Waals surface area contributed by atoms with E-state index in [0.717, 1.165) is 16.8 Å². The topological polar surface area (TPSA) is 70.7 Å². The lowest BCUT2D eigenvalue weighted by atomic mass is 9.95. The molecule has 0 unspecified atom stereocenters. The number of nitrogens with zero attached hydrogens (tertiary/aromatic N) is 1. The fourth-order valence-corrected chi connectivity index (χ4v) is 3.56. The third-order valence-electron chi connectivity index (χ3n) is 4.98.